The fourth-order valence-corrected chi connectivity index (χ4v) is 7.47. The van der Waals surface area contributed by atoms with Gasteiger partial charge in [-0.25, -0.2) is 10.1 Å². The molecule has 2 aromatic rings. The summed E-state index contributed by atoms with van der Waals surface area (Å²) < 4.78 is 30.9. The molecule has 1 fully saturated rings. The minimum atomic E-state index is -3.22. The highest BCUT2D eigenvalue weighted by atomic mass is 35.5. The molecule has 42 heavy (non-hydrogen) atoms. The Morgan fingerprint density at radius 2 is 2.02 bits per heavy atom. The van der Waals surface area contributed by atoms with E-state index in [0.717, 1.165) is 11.8 Å². The SMILES string of the molecule is CCOc1nc(N)nc2c1ncn2[C@@H]1O[C@H](CO[P@@](=S)(N[C@@H](C)C(=O)OC(C)C)OCCSC(=O)C(C)(C)C)C[C@@H]1Cl. The summed E-state index contributed by atoms with van der Waals surface area (Å²) in [6.07, 6.45) is 0.609. The van der Waals surface area contributed by atoms with Crippen LogP contribution in [0.4, 0.5) is 5.95 Å². The number of anilines is 1. The summed E-state index contributed by atoms with van der Waals surface area (Å²) in [4.78, 5) is 37.6. The van der Waals surface area contributed by atoms with Crippen LogP contribution in [-0.4, -0.2) is 79.8 Å². The minimum absolute atomic E-state index is 0.0353. The maximum Gasteiger partial charge on any atom is 0.323 e. The molecular weight excluding hydrogens is 627 g/mol. The number of nitrogens with one attached hydrogen (secondary N) is 1. The molecule has 5 atom stereocenters. The number of nitrogens with zero attached hydrogens (tertiary/aromatic N) is 4. The Hall–Kier alpha value is -1.58. The van der Waals surface area contributed by atoms with E-state index in [4.69, 9.17) is 52.4 Å². The van der Waals surface area contributed by atoms with Gasteiger partial charge in [-0.1, -0.05) is 32.5 Å². The van der Waals surface area contributed by atoms with Crippen LogP contribution in [0.3, 0.4) is 0 Å². The molecule has 0 radical (unpaired) electrons. The Balaban J connectivity index is 1.69. The van der Waals surface area contributed by atoms with Crippen molar-refractivity contribution < 1.29 is 32.8 Å². The van der Waals surface area contributed by atoms with Gasteiger partial charge >= 0.3 is 5.97 Å². The molecule has 1 aliphatic rings. The number of carbonyl (C=O) groups is 2. The Morgan fingerprint density at radius 3 is 2.67 bits per heavy atom. The monoisotopic (exact) mass is 666 g/mol. The van der Waals surface area contributed by atoms with Gasteiger partial charge in [-0.05, 0) is 45.9 Å². The van der Waals surface area contributed by atoms with Crippen molar-refractivity contribution in [3.8, 4) is 5.88 Å². The molecule has 13 nitrogen and oxygen atoms in total. The molecule has 1 aliphatic heterocycles. The number of ether oxygens (including phenoxy) is 3. The van der Waals surface area contributed by atoms with Gasteiger partial charge in [0.15, 0.2) is 22.5 Å². The van der Waals surface area contributed by atoms with Crippen LogP contribution in [0.2, 0.25) is 0 Å². The summed E-state index contributed by atoms with van der Waals surface area (Å²) in [6, 6.07) is -0.790. The fourth-order valence-electron chi connectivity index (χ4n) is 3.81. The normalized spacial score (nSPS) is 21.4. The van der Waals surface area contributed by atoms with E-state index in [1.165, 1.54) is 0 Å². The predicted octanol–water partition coefficient (Wildman–Crippen LogP) is 4.20. The van der Waals surface area contributed by atoms with Gasteiger partial charge in [-0.2, -0.15) is 9.97 Å². The standard InChI is InChI=1S/C25H40ClN6O7PS2/c1-8-35-20-18-19(29-24(27)30-20)32(13-28-18)21-17(26)11-16(39-21)12-37-40(41,31-15(4)22(33)38-14(2)3)36-9-10-42-23(34)25(5,6)7/h13-17,21H,8-12H2,1-7H3,(H,31,41)(H2,27,29,30)/t15-,16-,17-,21+,40+/m0/s1. The average molecular weight is 667 g/mol. The third-order valence-corrected chi connectivity index (χ3v) is 10.1. The number of halogens is 1. The summed E-state index contributed by atoms with van der Waals surface area (Å²) in [6.45, 7) is 9.88. The number of fused-ring (bicyclic) bond motifs is 1. The number of rotatable bonds is 14. The maximum absolute atomic E-state index is 12.5. The molecule has 1 saturated heterocycles. The average Bonchev–Trinajstić information content (AvgIpc) is 3.47. The number of nitrogens with two attached hydrogens (primary N) is 1. The van der Waals surface area contributed by atoms with E-state index in [1.54, 1.807) is 31.7 Å². The second-order valence-corrected chi connectivity index (χ2v) is 15.7. The van der Waals surface area contributed by atoms with Crippen molar-refractivity contribution in [2.75, 3.05) is 31.3 Å². The lowest BCUT2D eigenvalue weighted by atomic mass is 10.00. The highest BCUT2D eigenvalue weighted by Crippen LogP contribution is 2.46. The van der Waals surface area contributed by atoms with Crippen LogP contribution in [-0.2, 0) is 39.9 Å². The number of hydrogen-bond donors (Lipinski definition) is 2. The molecule has 0 amide bonds. The van der Waals surface area contributed by atoms with Crippen LogP contribution in [0, 0.1) is 5.41 Å². The van der Waals surface area contributed by atoms with E-state index in [-0.39, 0.29) is 36.3 Å². The number of esters is 1. The van der Waals surface area contributed by atoms with Gasteiger partial charge in [0, 0.05) is 11.2 Å². The first-order chi connectivity index (χ1) is 19.6. The van der Waals surface area contributed by atoms with Crippen molar-refractivity contribution in [3.05, 3.63) is 6.33 Å². The topological polar surface area (TPSA) is 162 Å². The molecule has 0 saturated carbocycles. The van der Waals surface area contributed by atoms with Crippen molar-refractivity contribution in [2.45, 2.75) is 84.7 Å². The highest BCUT2D eigenvalue weighted by Gasteiger charge is 2.38. The predicted molar refractivity (Wildman–Crippen MR) is 166 cm³/mol. The third-order valence-electron chi connectivity index (χ3n) is 5.77. The number of hydrogen-bond acceptors (Lipinski definition) is 13. The first-order valence-corrected chi connectivity index (χ1v) is 17.7. The smallest absolute Gasteiger partial charge is 0.323 e. The zero-order valence-corrected chi connectivity index (χ0v) is 28.1. The number of thioether (sulfide) groups is 1. The number of nitrogen functional groups attached to an aromatic ring is 1. The summed E-state index contributed by atoms with van der Waals surface area (Å²) in [5, 5.41) is 2.59. The van der Waals surface area contributed by atoms with Crippen molar-refractivity contribution in [1.82, 2.24) is 24.6 Å². The second kappa shape index (κ2) is 14.9. The van der Waals surface area contributed by atoms with Crippen molar-refractivity contribution >= 4 is 70.0 Å². The fraction of sp³-hybridized carbons (Fsp3) is 0.720. The third kappa shape index (κ3) is 9.46. The number of carbonyl (C=O) groups excluding carboxylic acids is 2. The summed E-state index contributed by atoms with van der Waals surface area (Å²) in [5.74, 6) is 0.201. The molecule has 0 aromatic carbocycles. The van der Waals surface area contributed by atoms with Crippen molar-refractivity contribution in [2.24, 2.45) is 5.41 Å². The van der Waals surface area contributed by atoms with Crippen LogP contribution in [0.25, 0.3) is 11.2 Å². The van der Waals surface area contributed by atoms with Crippen LogP contribution >= 0.6 is 30.0 Å². The van der Waals surface area contributed by atoms with Gasteiger partial charge in [-0.15, -0.1) is 11.6 Å². The number of imidazole rings is 1. The molecule has 3 heterocycles. The van der Waals surface area contributed by atoms with Gasteiger partial charge in [0.05, 0.1) is 43.7 Å². The van der Waals surface area contributed by atoms with Crippen molar-refractivity contribution in [3.63, 3.8) is 0 Å². The number of alkyl halides is 1. The number of aromatic nitrogens is 4. The molecule has 0 spiro atoms. The van der Waals surface area contributed by atoms with E-state index in [0.29, 0.717) is 29.9 Å². The summed E-state index contributed by atoms with van der Waals surface area (Å²) >= 11 is 13.6. The zero-order chi connectivity index (χ0) is 31.2. The molecule has 3 N–H and O–H groups in total. The van der Waals surface area contributed by atoms with Gasteiger partial charge in [0.25, 0.3) is 6.64 Å². The van der Waals surface area contributed by atoms with Crippen LogP contribution in [0.5, 0.6) is 5.88 Å². The largest absolute Gasteiger partial charge is 0.476 e. The molecule has 17 heteroatoms. The Labute approximate surface area is 260 Å². The van der Waals surface area contributed by atoms with E-state index in [9.17, 15) is 9.59 Å². The lowest BCUT2D eigenvalue weighted by Crippen LogP contribution is -2.36. The molecule has 0 bridgehead atoms. The Morgan fingerprint density at radius 1 is 1.31 bits per heavy atom. The van der Waals surface area contributed by atoms with Gasteiger partial charge in [0.2, 0.25) is 11.8 Å². The van der Waals surface area contributed by atoms with Crippen LogP contribution in [0.1, 0.15) is 61.1 Å². The first kappa shape index (κ1) is 34.9. The second-order valence-electron chi connectivity index (χ2n) is 10.9. The summed E-state index contributed by atoms with van der Waals surface area (Å²) in [7, 11) is 0. The van der Waals surface area contributed by atoms with E-state index >= 15 is 0 Å². The van der Waals surface area contributed by atoms with Gasteiger partial charge < -0.3 is 29.0 Å². The Kier molecular flexibility index (Phi) is 12.4. The van der Waals surface area contributed by atoms with E-state index < -0.39 is 41.8 Å². The molecule has 3 rings (SSSR count). The van der Waals surface area contributed by atoms with E-state index in [2.05, 4.69) is 20.0 Å². The molecular formula is C25H40ClN6O7PS2. The van der Waals surface area contributed by atoms with Crippen molar-refractivity contribution in [1.29, 1.82) is 0 Å². The highest BCUT2D eigenvalue weighted by molar-refractivity contribution is 8.13. The minimum Gasteiger partial charge on any atom is -0.476 e. The first-order valence-electron chi connectivity index (χ1n) is 13.6. The molecule has 0 unspecified atom stereocenters. The summed E-state index contributed by atoms with van der Waals surface area (Å²) in [5.41, 5.74) is 6.29. The zero-order valence-electron chi connectivity index (χ0n) is 24.9. The van der Waals surface area contributed by atoms with Crippen LogP contribution < -0.4 is 15.6 Å². The lowest BCUT2D eigenvalue weighted by molar-refractivity contribution is -0.149. The Bertz CT molecular complexity index is 1290. The molecule has 236 valence electrons. The maximum atomic E-state index is 12.5. The molecule has 2 aromatic heterocycles. The molecule has 0 aliphatic carbocycles. The van der Waals surface area contributed by atoms with Gasteiger partial charge in [-0.3, -0.25) is 14.2 Å². The van der Waals surface area contributed by atoms with Crippen LogP contribution in [0.15, 0.2) is 6.33 Å². The quantitative estimate of drug-likeness (QED) is 0.128. The van der Waals surface area contributed by atoms with Gasteiger partial charge in [0.1, 0.15) is 6.04 Å². The lowest BCUT2D eigenvalue weighted by Gasteiger charge is -2.27. The van der Waals surface area contributed by atoms with E-state index in [1.807, 2.05) is 27.7 Å².